The first-order valence-electron chi connectivity index (χ1n) is 8.64. The van der Waals surface area contributed by atoms with Gasteiger partial charge in [0.25, 0.3) is 5.91 Å². The zero-order valence-corrected chi connectivity index (χ0v) is 18.0. The molecule has 1 aliphatic rings. The number of amides is 1. The summed E-state index contributed by atoms with van der Waals surface area (Å²) in [5.74, 6) is -6.78. The highest BCUT2D eigenvalue weighted by Crippen LogP contribution is 2.38. The van der Waals surface area contributed by atoms with E-state index in [1.165, 1.54) is 16.2 Å². The van der Waals surface area contributed by atoms with Crippen LogP contribution in [-0.4, -0.2) is 37.0 Å². The van der Waals surface area contributed by atoms with E-state index in [0.717, 1.165) is 9.60 Å². The van der Waals surface area contributed by atoms with Crippen LogP contribution in [0.25, 0.3) is 10.1 Å². The SMILES string of the molecule is O=C(c1sc2cc(Cl)ccc2c1Cl)N1CCN(c2c(F)c(F)c(Cl)c(F)c2F)CC1. The molecular formula is C19H11Cl3F4N2OS. The van der Waals surface area contributed by atoms with Gasteiger partial charge < -0.3 is 9.80 Å². The summed E-state index contributed by atoms with van der Waals surface area (Å²) in [6, 6.07) is 5.10. The van der Waals surface area contributed by atoms with Crippen LogP contribution in [0.2, 0.25) is 15.1 Å². The Morgan fingerprint density at radius 1 is 0.867 bits per heavy atom. The Bertz CT molecular complexity index is 1150. The molecule has 0 saturated carbocycles. The van der Waals surface area contributed by atoms with Gasteiger partial charge in [0, 0.05) is 41.3 Å². The molecule has 4 rings (SSSR count). The first-order valence-corrected chi connectivity index (χ1v) is 10.6. The predicted molar refractivity (Wildman–Crippen MR) is 111 cm³/mol. The van der Waals surface area contributed by atoms with Gasteiger partial charge in [0.1, 0.15) is 15.6 Å². The van der Waals surface area contributed by atoms with Crippen molar-refractivity contribution in [1.82, 2.24) is 4.90 Å². The largest absolute Gasteiger partial charge is 0.363 e. The van der Waals surface area contributed by atoms with Crippen LogP contribution in [0.15, 0.2) is 18.2 Å². The summed E-state index contributed by atoms with van der Waals surface area (Å²) in [6.45, 7) is 0.0900. The minimum Gasteiger partial charge on any atom is -0.363 e. The third-order valence-corrected chi connectivity index (χ3v) is 7.07. The molecule has 3 nitrogen and oxygen atoms in total. The molecule has 2 aromatic carbocycles. The van der Waals surface area contributed by atoms with E-state index in [1.807, 2.05) is 0 Å². The fourth-order valence-corrected chi connectivity index (χ4v) is 5.25. The fourth-order valence-electron chi connectivity index (χ4n) is 3.32. The average molecular weight is 498 g/mol. The number of thiophene rings is 1. The summed E-state index contributed by atoms with van der Waals surface area (Å²) >= 11 is 18.8. The number of carbonyl (C=O) groups is 1. The second-order valence-corrected chi connectivity index (χ2v) is 8.83. The second-order valence-electron chi connectivity index (χ2n) is 6.58. The summed E-state index contributed by atoms with van der Waals surface area (Å²) in [5, 5.41) is 0.281. The summed E-state index contributed by atoms with van der Waals surface area (Å²) in [7, 11) is 0. The van der Waals surface area contributed by atoms with E-state index in [-0.39, 0.29) is 32.1 Å². The molecule has 158 valence electrons. The molecule has 30 heavy (non-hydrogen) atoms. The first-order chi connectivity index (χ1) is 14.2. The van der Waals surface area contributed by atoms with Crippen molar-refractivity contribution in [3.8, 4) is 0 Å². The Hall–Kier alpha value is -1.74. The number of hydrogen-bond donors (Lipinski definition) is 0. The van der Waals surface area contributed by atoms with Crippen LogP contribution < -0.4 is 4.90 Å². The van der Waals surface area contributed by atoms with Gasteiger partial charge in [0.2, 0.25) is 0 Å². The number of benzene rings is 2. The number of piperazine rings is 1. The first kappa shape index (κ1) is 21.5. The third-order valence-electron chi connectivity index (χ3n) is 4.86. The van der Waals surface area contributed by atoms with Crippen LogP contribution in [0.3, 0.4) is 0 Å². The lowest BCUT2D eigenvalue weighted by Gasteiger charge is -2.36. The lowest BCUT2D eigenvalue weighted by Crippen LogP contribution is -2.49. The van der Waals surface area contributed by atoms with Crippen molar-refractivity contribution in [2.75, 3.05) is 31.1 Å². The van der Waals surface area contributed by atoms with E-state index in [0.29, 0.717) is 20.3 Å². The molecule has 11 heteroatoms. The Morgan fingerprint density at radius 2 is 1.47 bits per heavy atom. The van der Waals surface area contributed by atoms with E-state index in [2.05, 4.69) is 0 Å². The van der Waals surface area contributed by atoms with E-state index in [4.69, 9.17) is 34.8 Å². The van der Waals surface area contributed by atoms with Crippen LogP contribution in [0, 0.1) is 23.3 Å². The molecule has 0 spiro atoms. The molecule has 1 saturated heterocycles. The third kappa shape index (κ3) is 3.49. The topological polar surface area (TPSA) is 23.6 Å². The fraction of sp³-hybridized carbons (Fsp3) is 0.211. The van der Waals surface area contributed by atoms with Crippen molar-refractivity contribution in [2.24, 2.45) is 0 Å². The normalized spacial score (nSPS) is 14.6. The van der Waals surface area contributed by atoms with Crippen molar-refractivity contribution >= 4 is 67.8 Å². The van der Waals surface area contributed by atoms with Gasteiger partial charge in [-0.25, -0.2) is 17.6 Å². The lowest BCUT2D eigenvalue weighted by atomic mass is 10.2. The van der Waals surface area contributed by atoms with Crippen LogP contribution >= 0.6 is 46.1 Å². The number of rotatable bonds is 2. The molecule has 1 aromatic heterocycles. The van der Waals surface area contributed by atoms with Gasteiger partial charge >= 0.3 is 0 Å². The molecule has 2 heterocycles. The molecule has 0 radical (unpaired) electrons. The standard InChI is InChI=1S/C19H11Cl3F4N2OS/c20-8-1-2-9-10(7-8)30-18(11(9)21)19(29)28-5-3-27(4-6-28)17-15(25)13(23)12(22)14(24)16(17)26/h1-2,7H,3-6H2. The van der Waals surface area contributed by atoms with Crippen molar-refractivity contribution < 1.29 is 22.4 Å². The van der Waals surface area contributed by atoms with Gasteiger partial charge in [0.15, 0.2) is 23.3 Å². The minimum atomic E-state index is -1.65. The van der Waals surface area contributed by atoms with Gasteiger partial charge in [0.05, 0.1) is 5.02 Å². The molecule has 0 atom stereocenters. The van der Waals surface area contributed by atoms with Crippen LogP contribution in [-0.2, 0) is 0 Å². The van der Waals surface area contributed by atoms with Gasteiger partial charge in [-0.2, -0.15) is 0 Å². The Kier molecular flexibility index (Phi) is 5.78. The molecule has 0 N–H and O–H groups in total. The predicted octanol–water partition coefficient (Wildman–Crippen LogP) is 6.38. The van der Waals surface area contributed by atoms with E-state index >= 15 is 0 Å². The van der Waals surface area contributed by atoms with Gasteiger partial charge in [-0.05, 0) is 12.1 Å². The molecule has 1 fully saturated rings. The van der Waals surface area contributed by atoms with E-state index < -0.39 is 34.0 Å². The summed E-state index contributed by atoms with van der Waals surface area (Å²) < 4.78 is 56.7. The van der Waals surface area contributed by atoms with Gasteiger partial charge in [-0.3, -0.25) is 4.79 Å². The molecule has 0 aliphatic carbocycles. The Balaban J connectivity index is 1.56. The van der Waals surface area contributed by atoms with Crippen molar-refractivity contribution in [2.45, 2.75) is 0 Å². The van der Waals surface area contributed by atoms with Gasteiger partial charge in [-0.1, -0.05) is 40.9 Å². The summed E-state index contributed by atoms with van der Waals surface area (Å²) in [4.78, 5) is 15.8. The number of fused-ring (bicyclic) bond motifs is 1. The lowest BCUT2D eigenvalue weighted by molar-refractivity contribution is 0.0751. The zero-order chi connectivity index (χ0) is 21.7. The molecule has 0 unspecified atom stereocenters. The Labute approximate surface area is 187 Å². The van der Waals surface area contributed by atoms with Crippen molar-refractivity contribution in [3.63, 3.8) is 0 Å². The minimum absolute atomic E-state index is 0.0333. The van der Waals surface area contributed by atoms with Crippen LogP contribution in [0.1, 0.15) is 9.67 Å². The van der Waals surface area contributed by atoms with Crippen molar-refractivity contribution in [1.29, 1.82) is 0 Å². The zero-order valence-electron chi connectivity index (χ0n) is 14.9. The number of halogens is 7. The maximum absolute atomic E-state index is 14.2. The smallest absolute Gasteiger partial charge is 0.265 e. The monoisotopic (exact) mass is 496 g/mol. The quantitative estimate of drug-likeness (QED) is 0.233. The van der Waals surface area contributed by atoms with Crippen LogP contribution in [0.4, 0.5) is 23.2 Å². The number of carbonyl (C=O) groups excluding carboxylic acids is 1. The number of anilines is 1. The maximum atomic E-state index is 14.2. The highest BCUT2D eigenvalue weighted by atomic mass is 35.5. The summed E-state index contributed by atoms with van der Waals surface area (Å²) in [6.07, 6.45) is 0. The molecule has 1 aliphatic heterocycles. The average Bonchev–Trinajstić information content (AvgIpc) is 3.06. The summed E-state index contributed by atoms with van der Waals surface area (Å²) in [5.41, 5.74) is -0.837. The number of nitrogens with zero attached hydrogens (tertiary/aromatic N) is 2. The Morgan fingerprint density at radius 3 is 2.07 bits per heavy atom. The number of hydrogen-bond acceptors (Lipinski definition) is 3. The van der Waals surface area contributed by atoms with Crippen LogP contribution in [0.5, 0.6) is 0 Å². The van der Waals surface area contributed by atoms with E-state index in [9.17, 15) is 22.4 Å². The highest BCUT2D eigenvalue weighted by Gasteiger charge is 2.32. The highest BCUT2D eigenvalue weighted by molar-refractivity contribution is 7.21. The molecule has 1 amide bonds. The van der Waals surface area contributed by atoms with Crippen molar-refractivity contribution in [3.05, 3.63) is 61.4 Å². The molecule has 3 aromatic rings. The molecule has 0 bridgehead atoms. The second kappa shape index (κ2) is 8.07. The van der Waals surface area contributed by atoms with E-state index in [1.54, 1.807) is 18.2 Å². The molecular weight excluding hydrogens is 487 g/mol. The van der Waals surface area contributed by atoms with Gasteiger partial charge in [-0.15, -0.1) is 11.3 Å². The maximum Gasteiger partial charge on any atom is 0.265 e.